The van der Waals surface area contributed by atoms with Gasteiger partial charge in [0, 0.05) is 17.0 Å². The minimum atomic E-state index is -2.80. The molecule has 0 fully saturated rings. The van der Waals surface area contributed by atoms with Crippen LogP contribution in [0.4, 0.5) is 8.78 Å². The second-order valence-corrected chi connectivity index (χ2v) is 6.54. The van der Waals surface area contributed by atoms with E-state index in [0.29, 0.717) is 22.4 Å². The van der Waals surface area contributed by atoms with Crippen LogP contribution < -0.4 is 4.74 Å². The third-order valence-electron chi connectivity index (χ3n) is 4.69. The minimum absolute atomic E-state index is 0.00339. The van der Waals surface area contributed by atoms with Gasteiger partial charge in [0.25, 0.3) is 0 Å². The van der Waals surface area contributed by atoms with E-state index in [1.807, 2.05) is 0 Å². The van der Waals surface area contributed by atoms with Gasteiger partial charge in [0.2, 0.25) is 0 Å². The first-order chi connectivity index (χ1) is 14.0. The molecule has 29 heavy (non-hydrogen) atoms. The van der Waals surface area contributed by atoms with Gasteiger partial charge in [-0.15, -0.1) is 0 Å². The summed E-state index contributed by atoms with van der Waals surface area (Å²) < 4.78 is 44.0. The average Bonchev–Trinajstić information content (AvgIpc) is 3.29. The van der Waals surface area contributed by atoms with Crippen LogP contribution in [-0.4, -0.2) is 22.6 Å². The van der Waals surface area contributed by atoms with Gasteiger partial charge in [-0.05, 0) is 31.2 Å². The lowest BCUT2D eigenvalue weighted by atomic mass is 10.1. The van der Waals surface area contributed by atoms with E-state index in [0.717, 1.165) is 9.95 Å². The Morgan fingerprint density at radius 3 is 2.79 bits per heavy atom. The highest BCUT2D eigenvalue weighted by Gasteiger charge is 2.24. The summed E-state index contributed by atoms with van der Waals surface area (Å²) in [5.41, 5.74) is 1.93. The van der Waals surface area contributed by atoms with Gasteiger partial charge in [-0.1, -0.05) is 12.1 Å². The van der Waals surface area contributed by atoms with E-state index in [4.69, 9.17) is 13.9 Å². The molecule has 0 aliphatic carbocycles. The highest BCUT2D eigenvalue weighted by Crippen LogP contribution is 2.29. The van der Waals surface area contributed by atoms with Crippen molar-refractivity contribution in [2.45, 2.75) is 26.0 Å². The van der Waals surface area contributed by atoms with E-state index in [1.54, 1.807) is 49.6 Å². The normalized spacial score (nSPS) is 12.6. The Kier molecular flexibility index (Phi) is 4.92. The van der Waals surface area contributed by atoms with Gasteiger partial charge < -0.3 is 13.9 Å². The van der Waals surface area contributed by atoms with Crippen molar-refractivity contribution in [1.82, 2.24) is 9.55 Å². The molecule has 0 amide bonds. The Balaban J connectivity index is 1.55. The third-order valence-corrected chi connectivity index (χ3v) is 4.69. The molecule has 1 unspecified atom stereocenters. The van der Waals surface area contributed by atoms with E-state index in [1.165, 1.54) is 13.2 Å². The predicted octanol–water partition coefficient (Wildman–Crippen LogP) is 5.03. The van der Waals surface area contributed by atoms with Gasteiger partial charge in [-0.2, -0.15) is 8.78 Å². The van der Waals surface area contributed by atoms with Crippen LogP contribution in [0.2, 0.25) is 0 Å². The summed E-state index contributed by atoms with van der Waals surface area (Å²) in [7, 11) is 1.55. The van der Waals surface area contributed by atoms with Gasteiger partial charge >= 0.3 is 12.5 Å². The van der Waals surface area contributed by atoms with Crippen molar-refractivity contribution in [3.8, 4) is 5.75 Å². The SMILES string of the molecule is COc1ccc2c(CC(=O)OC(C)c3nc4ccccc4n3C(F)F)coc2c1. The topological polar surface area (TPSA) is 66.5 Å². The van der Waals surface area contributed by atoms with Gasteiger partial charge in [0.1, 0.15) is 11.3 Å². The molecule has 0 spiro atoms. The molecule has 4 rings (SSSR count). The number of benzene rings is 2. The Morgan fingerprint density at radius 2 is 2.03 bits per heavy atom. The number of rotatable bonds is 6. The molecular formula is C21H18F2N2O4. The van der Waals surface area contributed by atoms with Crippen molar-refractivity contribution in [3.05, 3.63) is 60.1 Å². The van der Waals surface area contributed by atoms with Gasteiger partial charge in [-0.3, -0.25) is 9.36 Å². The van der Waals surface area contributed by atoms with Crippen LogP contribution in [0.25, 0.3) is 22.0 Å². The minimum Gasteiger partial charge on any atom is -0.497 e. The second-order valence-electron chi connectivity index (χ2n) is 6.54. The Bertz CT molecular complexity index is 1180. The predicted molar refractivity (Wildman–Crippen MR) is 102 cm³/mol. The van der Waals surface area contributed by atoms with E-state index >= 15 is 0 Å². The van der Waals surface area contributed by atoms with Crippen LogP contribution >= 0.6 is 0 Å². The number of aromatic nitrogens is 2. The molecular weight excluding hydrogens is 382 g/mol. The summed E-state index contributed by atoms with van der Waals surface area (Å²) in [4.78, 5) is 16.7. The number of hydrogen-bond donors (Lipinski definition) is 0. The lowest BCUT2D eigenvalue weighted by Gasteiger charge is -2.15. The maximum Gasteiger partial charge on any atom is 0.320 e. The smallest absolute Gasteiger partial charge is 0.320 e. The number of nitrogens with zero attached hydrogens (tertiary/aromatic N) is 2. The number of carbonyl (C=O) groups is 1. The monoisotopic (exact) mass is 400 g/mol. The van der Waals surface area contributed by atoms with Crippen LogP contribution in [0.5, 0.6) is 5.75 Å². The fourth-order valence-electron chi connectivity index (χ4n) is 3.33. The van der Waals surface area contributed by atoms with Crippen LogP contribution in [0.3, 0.4) is 0 Å². The number of fused-ring (bicyclic) bond motifs is 2. The van der Waals surface area contributed by atoms with E-state index in [-0.39, 0.29) is 17.8 Å². The lowest BCUT2D eigenvalue weighted by molar-refractivity contribution is -0.148. The number of para-hydroxylation sites is 2. The first-order valence-electron chi connectivity index (χ1n) is 8.96. The van der Waals surface area contributed by atoms with Crippen molar-refractivity contribution in [3.63, 3.8) is 0 Å². The van der Waals surface area contributed by atoms with Gasteiger partial charge in [-0.25, -0.2) is 4.98 Å². The molecule has 6 nitrogen and oxygen atoms in total. The number of halogens is 2. The van der Waals surface area contributed by atoms with Crippen LogP contribution in [0.1, 0.15) is 31.0 Å². The van der Waals surface area contributed by atoms with Crippen molar-refractivity contribution in [2.75, 3.05) is 7.11 Å². The highest BCUT2D eigenvalue weighted by atomic mass is 19.3. The van der Waals surface area contributed by atoms with E-state index in [2.05, 4.69) is 4.98 Å². The third kappa shape index (κ3) is 3.53. The summed E-state index contributed by atoms with van der Waals surface area (Å²) in [6, 6.07) is 11.8. The first-order valence-corrected chi connectivity index (χ1v) is 8.96. The number of ether oxygens (including phenoxy) is 2. The van der Waals surface area contributed by atoms with Crippen molar-refractivity contribution >= 4 is 28.0 Å². The van der Waals surface area contributed by atoms with Crippen LogP contribution in [-0.2, 0) is 16.0 Å². The summed E-state index contributed by atoms with van der Waals surface area (Å²) >= 11 is 0. The van der Waals surface area contributed by atoms with E-state index < -0.39 is 18.6 Å². The Hall–Kier alpha value is -3.42. The molecule has 2 aromatic carbocycles. The molecule has 150 valence electrons. The fraction of sp³-hybridized carbons (Fsp3) is 0.238. The second kappa shape index (κ2) is 7.54. The largest absolute Gasteiger partial charge is 0.497 e. The molecule has 0 saturated carbocycles. The highest BCUT2D eigenvalue weighted by molar-refractivity contribution is 5.86. The van der Waals surface area contributed by atoms with Gasteiger partial charge in [0.15, 0.2) is 11.9 Å². The molecule has 2 aromatic heterocycles. The molecule has 0 saturated heterocycles. The van der Waals surface area contributed by atoms with Crippen LogP contribution in [0.15, 0.2) is 53.1 Å². The first kappa shape index (κ1) is 18.9. The molecule has 0 N–H and O–H groups in total. The number of esters is 1. The molecule has 1 atom stereocenters. The lowest BCUT2D eigenvalue weighted by Crippen LogP contribution is -2.15. The molecule has 0 aliphatic heterocycles. The quantitative estimate of drug-likeness (QED) is 0.425. The number of carbonyl (C=O) groups excluding carboxylic acids is 1. The zero-order chi connectivity index (χ0) is 20.5. The van der Waals surface area contributed by atoms with Crippen molar-refractivity contribution in [1.29, 1.82) is 0 Å². The zero-order valence-electron chi connectivity index (χ0n) is 15.8. The number of imidazole rings is 1. The maximum atomic E-state index is 13.6. The van der Waals surface area contributed by atoms with Crippen molar-refractivity contribution < 1.29 is 27.5 Å². The standard InChI is InChI=1S/C21H18F2N2O4/c1-12(20-24-16-5-3-4-6-17(16)25(20)21(22)23)29-19(26)9-13-11-28-18-10-14(27-2)7-8-15(13)18/h3-8,10-12,21H,9H2,1-2H3. The zero-order valence-corrected chi connectivity index (χ0v) is 15.8. The molecule has 2 heterocycles. The summed E-state index contributed by atoms with van der Waals surface area (Å²) in [5, 5.41) is 0.759. The molecule has 0 radical (unpaired) electrons. The Labute approximate surface area is 164 Å². The fourth-order valence-corrected chi connectivity index (χ4v) is 3.33. The van der Waals surface area contributed by atoms with E-state index in [9.17, 15) is 13.6 Å². The summed E-state index contributed by atoms with van der Waals surface area (Å²) in [6.45, 7) is -1.28. The maximum absolute atomic E-state index is 13.6. The average molecular weight is 400 g/mol. The van der Waals surface area contributed by atoms with Gasteiger partial charge in [0.05, 0.1) is 30.8 Å². The number of furan rings is 1. The summed E-state index contributed by atoms with van der Waals surface area (Å²) in [5.74, 6) is 0.0701. The summed E-state index contributed by atoms with van der Waals surface area (Å²) in [6.07, 6.45) is 0.477. The molecule has 0 aliphatic rings. The number of methoxy groups -OCH3 is 1. The number of alkyl halides is 2. The molecule has 4 aromatic rings. The van der Waals surface area contributed by atoms with Crippen molar-refractivity contribution in [2.24, 2.45) is 0 Å². The molecule has 8 heteroatoms. The Morgan fingerprint density at radius 1 is 1.24 bits per heavy atom. The molecule has 0 bridgehead atoms. The number of hydrogen-bond acceptors (Lipinski definition) is 5. The van der Waals surface area contributed by atoms with Crippen LogP contribution in [0, 0.1) is 0 Å².